The molecule has 1 unspecified atom stereocenters. The highest BCUT2D eigenvalue weighted by Gasteiger charge is 2.23. The molecule has 0 amide bonds. The SMILES string of the molecule is Nc1ccc(N2CCCN(c3ccc(N)cc3)C(Cl)C2)cc1. The molecule has 0 spiro atoms. The van der Waals surface area contributed by atoms with Gasteiger partial charge >= 0.3 is 0 Å². The number of halogens is 1. The fourth-order valence-corrected chi connectivity index (χ4v) is 3.20. The van der Waals surface area contributed by atoms with Crippen LogP contribution in [0.25, 0.3) is 0 Å². The Kier molecular flexibility index (Phi) is 4.29. The average molecular weight is 317 g/mol. The van der Waals surface area contributed by atoms with Crippen molar-refractivity contribution in [3.05, 3.63) is 48.5 Å². The summed E-state index contributed by atoms with van der Waals surface area (Å²) >= 11 is 6.67. The van der Waals surface area contributed by atoms with Gasteiger partial charge in [-0.05, 0) is 55.0 Å². The van der Waals surface area contributed by atoms with Gasteiger partial charge in [-0.2, -0.15) is 0 Å². The van der Waals surface area contributed by atoms with Crippen molar-refractivity contribution in [3.8, 4) is 0 Å². The van der Waals surface area contributed by atoms with E-state index in [1.807, 2.05) is 36.4 Å². The minimum atomic E-state index is -0.0799. The third kappa shape index (κ3) is 3.22. The summed E-state index contributed by atoms with van der Waals surface area (Å²) in [6.07, 6.45) is 1.05. The van der Waals surface area contributed by atoms with Crippen LogP contribution in [-0.2, 0) is 0 Å². The Morgan fingerprint density at radius 3 is 1.95 bits per heavy atom. The number of nitrogens with zero attached hydrogens (tertiary/aromatic N) is 2. The summed E-state index contributed by atoms with van der Waals surface area (Å²) in [4.78, 5) is 4.55. The molecule has 1 atom stereocenters. The van der Waals surface area contributed by atoms with Crippen LogP contribution in [-0.4, -0.2) is 25.1 Å². The molecule has 22 heavy (non-hydrogen) atoms. The van der Waals surface area contributed by atoms with Gasteiger partial charge in [0.05, 0.1) is 6.54 Å². The van der Waals surface area contributed by atoms with E-state index in [0.717, 1.165) is 43.1 Å². The Balaban J connectivity index is 1.76. The van der Waals surface area contributed by atoms with E-state index in [2.05, 4.69) is 21.9 Å². The largest absolute Gasteiger partial charge is 0.399 e. The summed E-state index contributed by atoms with van der Waals surface area (Å²) in [6.45, 7) is 2.69. The van der Waals surface area contributed by atoms with E-state index < -0.39 is 0 Å². The van der Waals surface area contributed by atoms with Crippen LogP contribution in [0.2, 0.25) is 0 Å². The van der Waals surface area contributed by atoms with E-state index in [1.54, 1.807) is 0 Å². The lowest BCUT2D eigenvalue weighted by molar-refractivity contribution is 0.774. The lowest BCUT2D eigenvalue weighted by atomic mass is 10.2. The molecule has 4 nitrogen and oxygen atoms in total. The highest BCUT2D eigenvalue weighted by Crippen LogP contribution is 2.26. The topological polar surface area (TPSA) is 58.5 Å². The van der Waals surface area contributed by atoms with Crippen molar-refractivity contribution in [3.63, 3.8) is 0 Å². The second-order valence-corrected chi connectivity index (χ2v) is 6.11. The number of rotatable bonds is 2. The molecule has 1 aliphatic heterocycles. The van der Waals surface area contributed by atoms with Crippen molar-refractivity contribution in [1.29, 1.82) is 0 Å². The number of benzene rings is 2. The summed E-state index contributed by atoms with van der Waals surface area (Å²) in [5.74, 6) is 0. The molecule has 116 valence electrons. The van der Waals surface area contributed by atoms with Gasteiger partial charge < -0.3 is 21.3 Å². The monoisotopic (exact) mass is 316 g/mol. The molecule has 0 saturated carbocycles. The summed E-state index contributed by atoms with van der Waals surface area (Å²) in [5.41, 5.74) is 15.3. The number of anilines is 4. The summed E-state index contributed by atoms with van der Waals surface area (Å²) in [5, 5.41) is 0. The number of alkyl halides is 1. The molecule has 0 bridgehead atoms. The molecule has 1 saturated heterocycles. The number of nitrogens with two attached hydrogens (primary N) is 2. The lowest BCUT2D eigenvalue weighted by Gasteiger charge is -2.30. The van der Waals surface area contributed by atoms with Gasteiger partial charge in [0, 0.05) is 35.8 Å². The van der Waals surface area contributed by atoms with Crippen LogP contribution < -0.4 is 21.3 Å². The van der Waals surface area contributed by atoms with E-state index in [4.69, 9.17) is 23.1 Å². The standard InChI is InChI=1S/C17H21ClN4/c18-17-12-21(15-6-2-13(19)3-7-15)10-1-11-22(17)16-8-4-14(20)5-9-16/h2-9,17H,1,10-12,19-20H2. The molecular formula is C17H21ClN4. The van der Waals surface area contributed by atoms with Crippen molar-refractivity contribution < 1.29 is 0 Å². The highest BCUT2D eigenvalue weighted by atomic mass is 35.5. The first-order valence-corrected chi connectivity index (χ1v) is 7.94. The number of hydrogen-bond acceptors (Lipinski definition) is 4. The Morgan fingerprint density at radius 1 is 0.818 bits per heavy atom. The van der Waals surface area contributed by atoms with Crippen LogP contribution in [0.1, 0.15) is 6.42 Å². The molecule has 4 N–H and O–H groups in total. The van der Waals surface area contributed by atoms with Gasteiger partial charge in [-0.3, -0.25) is 0 Å². The van der Waals surface area contributed by atoms with Crippen molar-refractivity contribution in [2.75, 3.05) is 40.9 Å². The zero-order valence-electron chi connectivity index (χ0n) is 12.5. The molecule has 2 aromatic carbocycles. The molecule has 0 aliphatic carbocycles. The zero-order valence-corrected chi connectivity index (χ0v) is 13.2. The maximum Gasteiger partial charge on any atom is 0.121 e. The smallest absolute Gasteiger partial charge is 0.121 e. The van der Waals surface area contributed by atoms with Crippen molar-refractivity contribution in [1.82, 2.24) is 0 Å². The van der Waals surface area contributed by atoms with E-state index in [-0.39, 0.29) is 5.50 Å². The van der Waals surface area contributed by atoms with E-state index >= 15 is 0 Å². The third-order valence-corrected chi connectivity index (χ3v) is 4.39. The number of hydrogen-bond donors (Lipinski definition) is 2. The van der Waals surface area contributed by atoms with Gasteiger partial charge in [0.25, 0.3) is 0 Å². The fourth-order valence-electron chi connectivity index (χ4n) is 2.82. The third-order valence-electron chi connectivity index (χ3n) is 4.02. The van der Waals surface area contributed by atoms with Gasteiger partial charge in [0.2, 0.25) is 0 Å². The first-order valence-electron chi connectivity index (χ1n) is 7.50. The second-order valence-electron chi connectivity index (χ2n) is 5.61. The summed E-state index contributed by atoms with van der Waals surface area (Å²) < 4.78 is 0. The van der Waals surface area contributed by atoms with E-state index in [0.29, 0.717) is 0 Å². The van der Waals surface area contributed by atoms with Crippen LogP contribution in [0, 0.1) is 0 Å². The Labute approximate surface area is 136 Å². The first kappa shape index (κ1) is 14.9. The Hall–Kier alpha value is -2.07. The molecule has 0 radical (unpaired) electrons. The second kappa shape index (κ2) is 6.36. The molecule has 1 fully saturated rings. The predicted octanol–water partition coefficient (Wildman–Crippen LogP) is 3.13. The van der Waals surface area contributed by atoms with Crippen LogP contribution in [0.5, 0.6) is 0 Å². The number of nitrogen functional groups attached to an aromatic ring is 2. The maximum atomic E-state index is 6.67. The van der Waals surface area contributed by atoms with Crippen molar-refractivity contribution in [2.45, 2.75) is 11.9 Å². The van der Waals surface area contributed by atoms with Crippen LogP contribution in [0.15, 0.2) is 48.5 Å². The molecule has 0 aromatic heterocycles. The average Bonchev–Trinajstić information content (AvgIpc) is 2.71. The molecule has 2 aromatic rings. The molecular weight excluding hydrogens is 296 g/mol. The Morgan fingerprint density at radius 2 is 1.36 bits per heavy atom. The fraction of sp³-hybridized carbons (Fsp3) is 0.294. The quantitative estimate of drug-likeness (QED) is 0.508. The summed E-state index contributed by atoms with van der Waals surface area (Å²) in [6, 6.07) is 15.9. The normalized spacial score (nSPS) is 19.0. The van der Waals surface area contributed by atoms with Crippen molar-refractivity contribution >= 4 is 34.4 Å². The first-order chi connectivity index (χ1) is 10.6. The maximum absolute atomic E-state index is 6.67. The van der Waals surface area contributed by atoms with Gasteiger partial charge in [-0.1, -0.05) is 11.6 Å². The van der Waals surface area contributed by atoms with Crippen LogP contribution in [0.4, 0.5) is 22.7 Å². The molecule has 3 rings (SSSR count). The van der Waals surface area contributed by atoms with Gasteiger partial charge in [0.1, 0.15) is 5.50 Å². The van der Waals surface area contributed by atoms with Gasteiger partial charge in [-0.15, -0.1) is 0 Å². The van der Waals surface area contributed by atoms with Crippen LogP contribution >= 0.6 is 11.6 Å². The molecule has 5 heteroatoms. The summed E-state index contributed by atoms with van der Waals surface area (Å²) in [7, 11) is 0. The predicted molar refractivity (Wildman–Crippen MR) is 95.5 cm³/mol. The lowest BCUT2D eigenvalue weighted by Crippen LogP contribution is -2.37. The van der Waals surface area contributed by atoms with Gasteiger partial charge in [0.15, 0.2) is 0 Å². The minimum absolute atomic E-state index is 0.0799. The highest BCUT2D eigenvalue weighted by molar-refractivity contribution is 6.22. The minimum Gasteiger partial charge on any atom is -0.399 e. The van der Waals surface area contributed by atoms with Crippen molar-refractivity contribution in [2.24, 2.45) is 0 Å². The van der Waals surface area contributed by atoms with Gasteiger partial charge in [-0.25, -0.2) is 0 Å². The van der Waals surface area contributed by atoms with E-state index in [1.165, 1.54) is 5.69 Å². The van der Waals surface area contributed by atoms with Crippen LogP contribution in [0.3, 0.4) is 0 Å². The zero-order chi connectivity index (χ0) is 15.5. The molecule has 1 aliphatic rings. The Bertz CT molecular complexity index is 612. The molecule has 1 heterocycles. The van der Waals surface area contributed by atoms with E-state index in [9.17, 15) is 0 Å².